The van der Waals surface area contributed by atoms with Crippen LogP contribution in [0.15, 0.2) is 43.0 Å². The summed E-state index contributed by atoms with van der Waals surface area (Å²) < 4.78 is 12.7. The van der Waals surface area contributed by atoms with Gasteiger partial charge in [-0.25, -0.2) is 15.0 Å². The van der Waals surface area contributed by atoms with Crippen molar-refractivity contribution in [3.05, 3.63) is 48.5 Å². The summed E-state index contributed by atoms with van der Waals surface area (Å²) in [5.41, 5.74) is 13.4. The van der Waals surface area contributed by atoms with Crippen molar-refractivity contribution in [2.24, 2.45) is 5.73 Å². The molecule has 0 aliphatic carbocycles. The van der Waals surface area contributed by atoms with Crippen LogP contribution in [0.3, 0.4) is 0 Å². The van der Waals surface area contributed by atoms with Crippen LogP contribution in [0.2, 0.25) is 0 Å². The summed E-state index contributed by atoms with van der Waals surface area (Å²) in [7, 11) is 0. The number of carbonyl (C=O) groups excluding carboxylic acids is 1. The molecule has 30 heavy (non-hydrogen) atoms. The van der Waals surface area contributed by atoms with Crippen LogP contribution in [-0.2, 0) is 20.7 Å². The van der Waals surface area contributed by atoms with E-state index < -0.39 is 43.2 Å². The van der Waals surface area contributed by atoms with E-state index in [9.17, 15) is 15.0 Å². The van der Waals surface area contributed by atoms with E-state index in [0.29, 0.717) is 11.2 Å². The van der Waals surface area contributed by atoms with Crippen molar-refractivity contribution in [1.29, 1.82) is 0 Å². The number of nitrogens with two attached hydrogens (primary N) is 2. The lowest BCUT2D eigenvalue weighted by Gasteiger charge is -2.23. The van der Waals surface area contributed by atoms with E-state index in [1.807, 2.05) is 30.3 Å². The zero-order valence-electron chi connectivity index (χ0n) is 15.9. The molecule has 1 fully saturated rings. The van der Waals surface area contributed by atoms with Crippen molar-refractivity contribution in [3.8, 4) is 0 Å². The van der Waals surface area contributed by atoms with Gasteiger partial charge in [-0.3, -0.25) is 9.36 Å². The predicted molar refractivity (Wildman–Crippen MR) is 105 cm³/mol. The highest BCUT2D eigenvalue weighted by Crippen LogP contribution is 2.34. The number of fused-ring (bicyclic) bond motifs is 1. The van der Waals surface area contributed by atoms with Crippen LogP contribution in [0.4, 0.5) is 5.82 Å². The third-order valence-electron chi connectivity index (χ3n) is 5.01. The molecule has 0 bridgehead atoms. The molecule has 1 saturated heterocycles. The number of nitrogen functional groups attached to an aromatic ring is 1. The number of nitrogens with zero attached hydrogens (tertiary/aromatic N) is 4. The molecule has 1 aromatic carbocycles. The number of imidazole rings is 1. The van der Waals surface area contributed by atoms with Gasteiger partial charge in [0, 0.05) is 0 Å². The zero-order valence-corrected chi connectivity index (χ0v) is 15.9. The Morgan fingerprint density at radius 1 is 1.27 bits per heavy atom. The van der Waals surface area contributed by atoms with Gasteiger partial charge in [0.15, 0.2) is 23.8 Å². The van der Waals surface area contributed by atoms with Crippen molar-refractivity contribution < 1.29 is 24.5 Å². The quantitative estimate of drug-likeness (QED) is 0.372. The maximum atomic E-state index is 12.6. The fraction of sp³-hybridized carbons (Fsp3) is 0.368. The molecule has 3 heterocycles. The first-order valence-corrected chi connectivity index (χ1v) is 9.37. The molecular weight excluding hydrogens is 392 g/mol. The fourth-order valence-electron chi connectivity index (χ4n) is 3.45. The van der Waals surface area contributed by atoms with E-state index in [4.69, 9.17) is 20.9 Å². The van der Waals surface area contributed by atoms with Gasteiger partial charge in [-0.15, -0.1) is 0 Å². The second-order valence-electron chi connectivity index (χ2n) is 7.02. The summed E-state index contributed by atoms with van der Waals surface area (Å²) in [5.74, 6) is -0.525. The summed E-state index contributed by atoms with van der Waals surface area (Å²) in [5, 5.41) is 20.1. The molecule has 2 aromatic heterocycles. The lowest BCUT2D eigenvalue weighted by Crippen LogP contribution is -2.42. The number of rotatable bonds is 6. The van der Waals surface area contributed by atoms with Crippen LogP contribution in [-0.4, -0.2) is 66.7 Å². The van der Waals surface area contributed by atoms with Crippen LogP contribution in [0.5, 0.6) is 0 Å². The number of aliphatic hydroxyl groups excluding tert-OH is 2. The van der Waals surface area contributed by atoms with Gasteiger partial charge >= 0.3 is 5.97 Å². The number of hydrogen-bond acceptors (Lipinski definition) is 10. The summed E-state index contributed by atoms with van der Waals surface area (Å²) >= 11 is 0. The average molecular weight is 414 g/mol. The monoisotopic (exact) mass is 414 g/mol. The molecule has 11 nitrogen and oxygen atoms in total. The van der Waals surface area contributed by atoms with E-state index >= 15 is 0 Å². The third-order valence-corrected chi connectivity index (χ3v) is 5.01. The molecule has 0 radical (unpaired) electrons. The standard InChI is InChI=1S/C19H22N6O5/c20-11(6-10-4-2-1-3-5-10)19(28)30-15-14(27)12(7-26)29-18(15)25-9-24-13-16(21)22-8-23-17(13)25/h1-5,8-9,11-12,14-15,18,26-27H,6-7,20H2,(H2,21,22,23)/t11-,12+,14+,15+,18+/m0/s1. The SMILES string of the molecule is Nc1ncnc2c1ncn2[C@@H]1O[C@H](CO)[C@@H](O)[C@H]1OC(=O)[C@@H](N)Cc1ccccc1. The molecule has 6 N–H and O–H groups in total. The number of aromatic nitrogens is 4. The van der Waals surface area contributed by atoms with Crippen LogP contribution >= 0.6 is 0 Å². The molecule has 5 atom stereocenters. The largest absolute Gasteiger partial charge is 0.453 e. The first-order chi connectivity index (χ1) is 14.5. The third kappa shape index (κ3) is 3.71. The van der Waals surface area contributed by atoms with Crippen LogP contribution < -0.4 is 11.5 Å². The number of anilines is 1. The molecule has 4 rings (SSSR count). The zero-order chi connectivity index (χ0) is 21.3. The van der Waals surface area contributed by atoms with Crippen LogP contribution in [0.1, 0.15) is 11.8 Å². The van der Waals surface area contributed by atoms with Crippen LogP contribution in [0, 0.1) is 0 Å². The van der Waals surface area contributed by atoms with Gasteiger partial charge in [-0.1, -0.05) is 30.3 Å². The van der Waals surface area contributed by atoms with Crippen molar-refractivity contribution >= 4 is 23.0 Å². The fourth-order valence-corrected chi connectivity index (χ4v) is 3.45. The Morgan fingerprint density at radius 3 is 2.77 bits per heavy atom. The van der Waals surface area contributed by atoms with Crippen molar-refractivity contribution in [1.82, 2.24) is 19.5 Å². The Balaban J connectivity index is 1.57. The highest BCUT2D eigenvalue weighted by Gasteiger charge is 2.48. The molecule has 1 aliphatic heterocycles. The molecular formula is C19H22N6O5. The van der Waals surface area contributed by atoms with Crippen molar-refractivity contribution in [3.63, 3.8) is 0 Å². The predicted octanol–water partition coefficient (Wildman–Crippen LogP) is -0.859. The van der Waals surface area contributed by atoms with Crippen molar-refractivity contribution in [2.45, 2.75) is 37.0 Å². The maximum absolute atomic E-state index is 12.6. The minimum atomic E-state index is -1.27. The maximum Gasteiger partial charge on any atom is 0.323 e. The lowest BCUT2D eigenvalue weighted by atomic mass is 10.1. The Morgan fingerprint density at radius 2 is 2.03 bits per heavy atom. The minimum absolute atomic E-state index is 0.175. The molecule has 0 amide bonds. The van der Waals surface area contributed by atoms with E-state index in [1.165, 1.54) is 17.2 Å². The van der Waals surface area contributed by atoms with E-state index in [0.717, 1.165) is 5.56 Å². The number of aliphatic hydroxyl groups is 2. The van der Waals surface area contributed by atoms with E-state index in [1.54, 1.807) is 0 Å². The minimum Gasteiger partial charge on any atom is -0.453 e. The smallest absolute Gasteiger partial charge is 0.323 e. The summed E-state index contributed by atoms with van der Waals surface area (Å²) in [6.45, 7) is -0.467. The van der Waals surface area contributed by atoms with Gasteiger partial charge in [-0.05, 0) is 12.0 Å². The summed E-state index contributed by atoms with van der Waals surface area (Å²) in [6.07, 6.45) is -1.41. The first-order valence-electron chi connectivity index (χ1n) is 9.37. The number of esters is 1. The highest BCUT2D eigenvalue weighted by atomic mass is 16.6. The van der Waals surface area contributed by atoms with Gasteiger partial charge in [0.05, 0.1) is 12.9 Å². The van der Waals surface area contributed by atoms with Gasteiger partial charge in [-0.2, -0.15) is 0 Å². The molecule has 0 spiro atoms. The average Bonchev–Trinajstić information content (AvgIpc) is 3.31. The van der Waals surface area contributed by atoms with Crippen molar-refractivity contribution in [2.75, 3.05) is 12.3 Å². The summed E-state index contributed by atoms with van der Waals surface area (Å²) in [4.78, 5) is 24.8. The number of benzene rings is 1. The Hall–Kier alpha value is -3.12. The lowest BCUT2D eigenvalue weighted by molar-refractivity contribution is -0.160. The Labute approximate surface area is 171 Å². The molecule has 0 unspecified atom stereocenters. The van der Waals surface area contributed by atoms with Crippen LogP contribution in [0.25, 0.3) is 11.2 Å². The van der Waals surface area contributed by atoms with Gasteiger partial charge in [0.1, 0.15) is 30.1 Å². The normalized spacial score (nSPS) is 24.8. The Bertz CT molecular complexity index is 1030. The first kappa shape index (κ1) is 20.2. The second kappa shape index (κ2) is 8.32. The Kier molecular flexibility index (Phi) is 5.59. The summed E-state index contributed by atoms with van der Waals surface area (Å²) in [6, 6.07) is 8.33. The second-order valence-corrected chi connectivity index (χ2v) is 7.02. The number of carbonyl (C=O) groups is 1. The number of hydrogen-bond donors (Lipinski definition) is 4. The topological polar surface area (TPSA) is 172 Å². The molecule has 158 valence electrons. The van der Waals surface area contributed by atoms with Gasteiger partial charge in [0.25, 0.3) is 0 Å². The molecule has 11 heteroatoms. The number of ether oxygens (including phenoxy) is 2. The molecule has 0 saturated carbocycles. The molecule has 1 aliphatic rings. The highest BCUT2D eigenvalue weighted by molar-refractivity contribution is 5.81. The molecule has 3 aromatic rings. The van der Waals surface area contributed by atoms with Gasteiger partial charge in [0.2, 0.25) is 0 Å². The van der Waals surface area contributed by atoms with E-state index in [2.05, 4.69) is 15.0 Å². The van der Waals surface area contributed by atoms with E-state index in [-0.39, 0.29) is 12.2 Å². The van der Waals surface area contributed by atoms with Gasteiger partial charge < -0.3 is 31.2 Å².